The van der Waals surface area contributed by atoms with Gasteiger partial charge in [0.25, 0.3) is 5.91 Å². The van der Waals surface area contributed by atoms with Crippen molar-refractivity contribution >= 4 is 29.2 Å². The fourth-order valence-corrected chi connectivity index (χ4v) is 1.95. The summed E-state index contributed by atoms with van der Waals surface area (Å²) in [5.41, 5.74) is 1.21. The quantitative estimate of drug-likeness (QED) is 0.503. The number of ether oxygens (including phenoxy) is 1. The van der Waals surface area contributed by atoms with Gasteiger partial charge in [-0.15, -0.1) is 0 Å². The van der Waals surface area contributed by atoms with Crippen molar-refractivity contribution in [3.63, 3.8) is 0 Å². The number of benzene rings is 2. The van der Waals surface area contributed by atoms with Gasteiger partial charge in [0.05, 0.1) is 11.4 Å². The number of esters is 1. The van der Waals surface area contributed by atoms with Crippen LogP contribution in [0.2, 0.25) is 0 Å². The average Bonchev–Trinajstić information content (AvgIpc) is 2.56. The van der Waals surface area contributed by atoms with E-state index < -0.39 is 11.9 Å². The van der Waals surface area contributed by atoms with Crippen molar-refractivity contribution in [3.8, 4) is 5.75 Å². The van der Waals surface area contributed by atoms with Crippen LogP contribution in [-0.2, 0) is 9.59 Å². The van der Waals surface area contributed by atoms with Crippen molar-refractivity contribution in [2.24, 2.45) is 0 Å². The topological polar surface area (TPSA) is 84.5 Å². The smallest absolute Gasteiger partial charge is 0.308 e. The van der Waals surface area contributed by atoms with Gasteiger partial charge in [0.15, 0.2) is 0 Å². The molecule has 2 rings (SSSR count). The maximum atomic E-state index is 12.4. The summed E-state index contributed by atoms with van der Waals surface area (Å²) in [6.45, 7) is 4.67. The largest absolute Gasteiger partial charge is 0.427 e. The van der Waals surface area contributed by atoms with Crippen molar-refractivity contribution < 1.29 is 19.1 Å². The minimum Gasteiger partial charge on any atom is -0.427 e. The van der Waals surface area contributed by atoms with Gasteiger partial charge in [-0.25, -0.2) is 0 Å². The minimum absolute atomic E-state index is 0.281. The third kappa shape index (κ3) is 4.54. The van der Waals surface area contributed by atoms with E-state index in [4.69, 9.17) is 4.74 Å². The molecule has 6 heteroatoms. The van der Waals surface area contributed by atoms with Crippen molar-refractivity contribution in [1.29, 1.82) is 0 Å². The second kappa shape index (κ2) is 7.73. The van der Waals surface area contributed by atoms with Gasteiger partial charge in [0, 0.05) is 12.5 Å². The van der Waals surface area contributed by atoms with Crippen LogP contribution in [0.25, 0.3) is 0 Å². The van der Waals surface area contributed by atoms with E-state index in [0.29, 0.717) is 16.9 Å². The van der Waals surface area contributed by atoms with Crippen LogP contribution in [0.5, 0.6) is 5.75 Å². The van der Waals surface area contributed by atoms with Crippen LogP contribution in [0.3, 0.4) is 0 Å². The van der Waals surface area contributed by atoms with Crippen LogP contribution < -0.4 is 15.4 Å². The molecule has 0 spiro atoms. The number of para-hydroxylation sites is 2. The molecule has 0 saturated carbocycles. The Morgan fingerprint density at radius 3 is 2.29 bits per heavy atom. The van der Waals surface area contributed by atoms with Crippen LogP contribution >= 0.6 is 0 Å². The Labute approximate surface area is 139 Å². The Kier molecular flexibility index (Phi) is 5.46. The van der Waals surface area contributed by atoms with Crippen molar-refractivity contribution in [2.75, 3.05) is 10.6 Å². The number of amides is 2. The number of nitrogens with one attached hydrogen (secondary N) is 2. The lowest BCUT2D eigenvalue weighted by atomic mass is 10.2. The Balaban J connectivity index is 2.19. The third-order valence-corrected chi connectivity index (χ3v) is 2.98. The molecule has 0 aliphatic heterocycles. The van der Waals surface area contributed by atoms with E-state index >= 15 is 0 Å². The van der Waals surface area contributed by atoms with Gasteiger partial charge in [0.1, 0.15) is 5.75 Å². The maximum absolute atomic E-state index is 12.4. The fraction of sp³-hybridized carbons (Fsp3) is 0.0556. The highest BCUT2D eigenvalue weighted by Crippen LogP contribution is 2.22. The Bertz CT molecular complexity index is 799. The van der Waals surface area contributed by atoms with Crippen LogP contribution in [0.15, 0.2) is 61.2 Å². The molecule has 0 heterocycles. The molecule has 0 atom stereocenters. The summed E-state index contributed by atoms with van der Waals surface area (Å²) in [7, 11) is 0. The average molecular weight is 324 g/mol. The highest BCUT2D eigenvalue weighted by atomic mass is 16.5. The second-order valence-electron chi connectivity index (χ2n) is 4.81. The third-order valence-electron chi connectivity index (χ3n) is 2.98. The molecule has 0 aromatic heterocycles. The molecule has 2 aromatic rings. The standard InChI is InChI=1S/C18H16N2O4/c1-3-17(22)19-15-9-4-5-10-16(15)20-18(23)13-7-6-8-14(11-13)24-12(2)21/h3-11H,1H2,2H3,(H,19,22)(H,20,23). The number of carbonyl (C=O) groups is 3. The zero-order valence-corrected chi connectivity index (χ0v) is 13.0. The van der Waals surface area contributed by atoms with E-state index in [-0.39, 0.29) is 11.7 Å². The van der Waals surface area contributed by atoms with Crippen molar-refractivity contribution in [1.82, 2.24) is 0 Å². The number of rotatable bonds is 5. The molecule has 0 aliphatic carbocycles. The predicted molar refractivity (Wildman–Crippen MR) is 91.0 cm³/mol. The van der Waals surface area contributed by atoms with E-state index in [1.54, 1.807) is 42.5 Å². The molecule has 0 bridgehead atoms. The summed E-state index contributed by atoms with van der Waals surface area (Å²) in [6.07, 6.45) is 1.14. The van der Waals surface area contributed by atoms with Crippen LogP contribution in [-0.4, -0.2) is 17.8 Å². The number of hydrogen-bond donors (Lipinski definition) is 2. The van der Waals surface area contributed by atoms with E-state index in [9.17, 15) is 14.4 Å². The first kappa shape index (κ1) is 17.0. The molecule has 2 aromatic carbocycles. The normalized spacial score (nSPS) is 9.71. The number of hydrogen-bond acceptors (Lipinski definition) is 4. The number of carbonyl (C=O) groups excluding carboxylic acids is 3. The molecule has 0 radical (unpaired) electrons. The molecular weight excluding hydrogens is 308 g/mol. The molecule has 6 nitrogen and oxygen atoms in total. The highest BCUT2D eigenvalue weighted by molar-refractivity contribution is 6.08. The molecule has 122 valence electrons. The lowest BCUT2D eigenvalue weighted by Crippen LogP contribution is -2.15. The second-order valence-corrected chi connectivity index (χ2v) is 4.81. The lowest BCUT2D eigenvalue weighted by Gasteiger charge is -2.11. The molecule has 2 amide bonds. The molecule has 2 N–H and O–H groups in total. The van der Waals surface area contributed by atoms with Crippen molar-refractivity contribution in [3.05, 3.63) is 66.7 Å². The summed E-state index contributed by atoms with van der Waals surface area (Å²) >= 11 is 0. The van der Waals surface area contributed by atoms with E-state index in [1.165, 1.54) is 13.0 Å². The van der Waals surface area contributed by atoms with Gasteiger partial charge in [-0.2, -0.15) is 0 Å². The van der Waals surface area contributed by atoms with Gasteiger partial charge < -0.3 is 15.4 Å². The number of anilines is 2. The monoisotopic (exact) mass is 324 g/mol. The Morgan fingerprint density at radius 2 is 1.67 bits per heavy atom. The molecule has 24 heavy (non-hydrogen) atoms. The first-order valence-corrected chi connectivity index (χ1v) is 7.12. The summed E-state index contributed by atoms with van der Waals surface area (Å²) < 4.78 is 4.96. The van der Waals surface area contributed by atoms with Gasteiger partial charge in [-0.1, -0.05) is 24.8 Å². The first-order chi connectivity index (χ1) is 11.5. The van der Waals surface area contributed by atoms with E-state index in [1.807, 2.05) is 0 Å². The van der Waals surface area contributed by atoms with Crippen LogP contribution in [0.1, 0.15) is 17.3 Å². The van der Waals surface area contributed by atoms with E-state index in [0.717, 1.165) is 6.08 Å². The molecular formula is C18H16N2O4. The maximum Gasteiger partial charge on any atom is 0.308 e. The molecule has 0 fully saturated rings. The van der Waals surface area contributed by atoms with Gasteiger partial charge in [0.2, 0.25) is 5.91 Å². The summed E-state index contributed by atoms with van der Waals surface area (Å²) in [6, 6.07) is 13.0. The van der Waals surface area contributed by atoms with Crippen LogP contribution in [0.4, 0.5) is 11.4 Å². The van der Waals surface area contributed by atoms with Crippen LogP contribution in [0, 0.1) is 0 Å². The highest BCUT2D eigenvalue weighted by Gasteiger charge is 2.11. The van der Waals surface area contributed by atoms with Crippen molar-refractivity contribution in [2.45, 2.75) is 6.92 Å². The summed E-state index contributed by atoms with van der Waals surface area (Å²) in [5.74, 6) is -0.966. The zero-order chi connectivity index (χ0) is 17.5. The summed E-state index contributed by atoms with van der Waals surface area (Å²) in [4.78, 5) is 34.8. The molecule has 0 aliphatic rings. The lowest BCUT2D eigenvalue weighted by molar-refractivity contribution is -0.131. The summed E-state index contributed by atoms with van der Waals surface area (Å²) in [5, 5.41) is 5.32. The molecule has 0 unspecified atom stereocenters. The Hall–Kier alpha value is -3.41. The predicted octanol–water partition coefficient (Wildman–Crippen LogP) is 2.99. The SMILES string of the molecule is C=CC(=O)Nc1ccccc1NC(=O)c1cccc(OC(C)=O)c1. The molecule has 0 saturated heterocycles. The van der Waals surface area contributed by atoms with Gasteiger partial charge in [-0.3, -0.25) is 14.4 Å². The first-order valence-electron chi connectivity index (χ1n) is 7.12. The Morgan fingerprint density at radius 1 is 1.00 bits per heavy atom. The van der Waals surface area contributed by atoms with E-state index in [2.05, 4.69) is 17.2 Å². The van der Waals surface area contributed by atoms with Gasteiger partial charge in [-0.05, 0) is 36.4 Å². The minimum atomic E-state index is -0.468. The zero-order valence-electron chi connectivity index (χ0n) is 13.0. The van der Waals surface area contributed by atoms with Gasteiger partial charge >= 0.3 is 5.97 Å². The fourth-order valence-electron chi connectivity index (χ4n) is 1.95.